The lowest BCUT2D eigenvalue weighted by atomic mass is 9.73. The van der Waals surface area contributed by atoms with Crippen LogP contribution < -0.4 is 0 Å². The highest BCUT2D eigenvalue weighted by atomic mass is 16.2. The molecule has 0 unspecified atom stereocenters. The third-order valence-corrected chi connectivity index (χ3v) is 6.15. The van der Waals surface area contributed by atoms with Gasteiger partial charge in [0.05, 0.1) is 5.52 Å². The zero-order chi connectivity index (χ0) is 18.9. The van der Waals surface area contributed by atoms with Crippen LogP contribution >= 0.6 is 0 Å². The van der Waals surface area contributed by atoms with Gasteiger partial charge in [-0.3, -0.25) is 14.7 Å². The van der Waals surface area contributed by atoms with Gasteiger partial charge in [-0.2, -0.15) is 5.10 Å². The van der Waals surface area contributed by atoms with Crippen molar-refractivity contribution in [2.24, 2.45) is 5.41 Å². The molecule has 0 radical (unpaired) electrons. The number of benzene rings is 1. The molecule has 0 saturated carbocycles. The molecule has 6 heteroatoms. The Bertz CT molecular complexity index is 846. The molecule has 0 bridgehead atoms. The van der Waals surface area contributed by atoms with Gasteiger partial charge in [0, 0.05) is 43.4 Å². The Balaban J connectivity index is 1.52. The lowest BCUT2D eigenvalue weighted by Crippen LogP contribution is -2.55. The summed E-state index contributed by atoms with van der Waals surface area (Å²) in [6.07, 6.45) is 5.71. The molecule has 1 spiro atoms. The van der Waals surface area contributed by atoms with Gasteiger partial charge in [-0.15, -0.1) is 0 Å². The average molecular weight is 368 g/mol. The molecule has 6 nitrogen and oxygen atoms in total. The predicted octanol–water partition coefficient (Wildman–Crippen LogP) is 3.21. The van der Waals surface area contributed by atoms with Crippen LogP contribution in [0.1, 0.15) is 55.9 Å². The summed E-state index contributed by atoms with van der Waals surface area (Å²) in [5.41, 5.74) is 1.45. The minimum atomic E-state index is 0.00327. The molecule has 2 amide bonds. The summed E-state index contributed by atoms with van der Waals surface area (Å²) in [5, 5.41) is 8.14. The predicted molar refractivity (Wildman–Crippen MR) is 104 cm³/mol. The van der Waals surface area contributed by atoms with E-state index in [0.717, 1.165) is 69.2 Å². The van der Waals surface area contributed by atoms with Crippen LogP contribution in [0, 0.1) is 5.41 Å². The highest BCUT2D eigenvalue weighted by Crippen LogP contribution is 2.39. The maximum absolute atomic E-state index is 13.2. The third-order valence-electron chi connectivity index (χ3n) is 6.15. The first-order valence-corrected chi connectivity index (χ1v) is 10.1. The van der Waals surface area contributed by atoms with E-state index in [4.69, 9.17) is 0 Å². The smallest absolute Gasteiger partial charge is 0.275 e. The molecule has 1 atom stereocenters. The largest absolute Gasteiger partial charge is 0.342 e. The highest BCUT2D eigenvalue weighted by molar-refractivity contribution is 6.04. The first-order chi connectivity index (χ1) is 13.1. The van der Waals surface area contributed by atoms with Crippen LogP contribution in [0.2, 0.25) is 0 Å². The Labute approximate surface area is 159 Å². The summed E-state index contributed by atoms with van der Waals surface area (Å²) < 4.78 is 0. The molecule has 27 heavy (non-hydrogen) atoms. The topological polar surface area (TPSA) is 69.3 Å². The van der Waals surface area contributed by atoms with Gasteiger partial charge >= 0.3 is 0 Å². The van der Waals surface area contributed by atoms with E-state index in [1.54, 1.807) is 0 Å². The van der Waals surface area contributed by atoms with Crippen LogP contribution in [0.15, 0.2) is 24.3 Å². The SMILES string of the molecule is CCCCN1C[C@@]2(CCCN(C(=O)c3n[nH]c4ccccc34)C2)CCC1=O. The molecule has 1 aromatic carbocycles. The average Bonchev–Trinajstić information content (AvgIpc) is 3.12. The molecule has 2 aliphatic heterocycles. The Kier molecular flexibility index (Phi) is 4.89. The number of H-pyrrole nitrogens is 1. The molecule has 2 aliphatic rings. The van der Waals surface area contributed by atoms with Crippen molar-refractivity contribution >= 4 is 22.7 Å². The molecule has 2 saturated heterocycles. The number of nitrogens with one attached hydrogen (secondary N) is 1. The fraction of sp³-hybridized carbons (Fsp3) is 0.571. The number of fused-ring (bicyclic) bond motifs is 1. The molecule has 144 valence electrons. The van der Waals surface area contributed by atoms with E-state index in [-0.39, 0.29) is 17.2 Å². The zero-order valence-corrected chi connectivity index (χ0v) is 16.0. The number of unbranched alkanes of at least 4 members (excludes halogenated alkanes) is 1. The number of hydrogen-bond donors (Lipinski definition) is 1. The number of nitrogens with zero attached hydrogens (tertiary/aromatic N) is 3. The van der Waals surface area contributed by atoms with Crippen LogP contribution in [0.4, 0.5) is 0 Å². The van der Waals surface area contributed by atoms with Gasteiger partial charge in [0.2, 0.25) is 5.91 Å². The Morgan fingerprint density at radius 1 is 1.26 bits per heavy atom. The van der Waals surface area contributed by atoms with Crippen molar-refractivity contribution in [3.8, 4) is 0 Å². The quantitative estimate of drug-likeness (QED) is 0.901. The first-order valence-electron chi connectivity index (χ1n) is 10.1. The number of rotatable bonds is 4. The molecule has 2 aromatic rings. The number of piperidine rings is 2. The van der Waals surface area contributed by atoms with Gasteiger partial charge in [-0.1, -0.05) is 31.5 Å². The Morgan fingerprint density at radius 2 is 2.11 bits per heavy atom. The van der Waals surface area contributed by atoms with Gasteiger partial charge in [-0.05, 0) is 31.7 Å². The van der Waals surface area contributed by atoms with Gasteiger partial charge in [0.15, 0.2) is 5.69 Å². The minimum Gasteiger partial charge on any atom is -0.342 e. The molecule has 0 aliphatic carbocycles. The summed E-state index contributed by atoms with van der Waals surface area (Å²) in [6, 6.07) is 7.76. The maximum Gasteiger partial charge on any atom is 0.275 e. The fourth-order valence-corrected chi connectivity index (χ4v) is 4.65. The summed E-state index contributed by atoms with van der Waals surface area (Å²) >= 11 is 0. The van der Waals surface area contributed by atoms with Crippen molar-refractivity contribution < 1.29 is 9.59 Å². The lowest BCUT2D eigenvalue weighted by molar-refractivity contribution is -0.139. The van der Waals surface area contributed by atoms with Gasteiger partial charge in [0.25, 0.3) is 5.91 Å². The number of aromatic nitrogens is 2. The Morgan fingerprint density at radius 3 is 2.96 bits per heavy atom. The molecule has 3 heterocycles. The van der Waals surface area contributed by atoms with Gasteiger partial charge in [0.1, 0.15) is 0 Å². The number of likely N-dealkylation sites (tertiary alicyclic amines) is 2. The fourth-order valence-electron chi connectivity index (χ4n) is 4.65. The van der Waals surface area contributed by atoms with E-state index in [1.807, 2.05) is 34.1 Å². The highest BCUT2D eigenvalue weighted by Gasteiger charge is 2.43. The number of carbonyl (C=O) groups excluding carboxylic acids is 2. The van der Waals surface area contributed by atoms with E-state index in [2.05, 4.69) is 17.1 Å². The summed E-state index contributed by atoms with van der Waals surface area (Å²) in [4.78, 5) is 29.5. The van der Waals surface area contributed by atoms with Crippen LogP contribution in [-0.4, -0.2) is 58.0 Å². The van der Waals surface area contributed by atoms with Crippen LogP contribution in [-0.2, 0) is 4.79 Å². The van der Waals surface area contributed by atoms with E-state index >= 15 is 0 Å². The third kappa shape index (κ3) is 3.45. The molecule has 4 rings (SSSR count). The van der Waals surface area contributed by atoms with E-state index in [9.17, 15) is 9.59 Å². The molecule has 2 fully saturated rings. The van der Waals surface area contributed by atoms with Crippen molar-refractivity contribution in [3.63, 3.8) is 0 Å². The van der Waals surface area contributed by atoms with Crippen molar-refractivity contribution in [3.05, 3.63) is 30.0 Å². The number of para-hydroxylation sites is 1. The van der Waals surface area contributed by atoms with E-state index in [0.29, 0.717) is 12.1 Å². The summed E-state index contributed by atoms with van der Waals surface area (Å²) in [6.45, 7) is 5.28. The van der Waals surface area contributed by atoms with Crippen molar-refractivity contribution in [1.82, 2.24) is 20.0 Å². The first kappa shape index (κ1) is 18.0. The van der Waals surface area contributed by atoms with Crippen LogP contribution in [0.25, 0.3) is 10.9 Å². The van der Waals surface area contributed by atoms with E-state index in [1.165, 1.54) is 0 Å². The molecule has 1 N–H and O–H groups in total. The lowest BCUT2D eigenvalue weighted by Gasteiger charge is -2.48. The monoisotopic (exact) mass is 368 g/mol. The Hall–Kier alpha value is -2.37. The summed E-state index contributed by atoms with van der Waals surface area (Å²) in [7, 11) is 0. The van der Waals surface area contributed by atoms with Gasteiger partial charge in [-0.25, -0.2) is 0 Å². The zero-order valence-electron chi connectivity index (χ0n) is 16.0. The number of hydrogen-bond acceptors (Lipinski definition) is 3. The second kappa shape index (κ2) is 7.33. The van der Waals surface area contributed by atoms with Crippen LogP contribution in [0.5, 0.6) is 0 Å². The maximum atomic E-state index is 13.2. The van der Waals surface area contributed by atoms with E-state index < -0.39 is 0 Å². The normalized spacial score (nSPS) is 23.4. The number of aromatic amines is 1. The summed E-state index contributed by atoms with van der Waals surface area (Å²) in [5.74, 6) is 0.277. The van der Waals surface area contributed by atoms with Crippen molar-refractivity contribution in [1.29, 1.82) is 0 Å². The van der Waals surface area contributed by atoms with Crippen molar-refractivity contribution in [2.75, 3.05) is 26.2 Å². The van der Waals surface area contributed by atoms with Gasteiger partial charge < -0.3 is 9.80 Å². The second-order valence-corrected chi connectivity index (χ2v) is 8.12. The molecular weight excluding hydrogens is 340 g/mol. The number of carbonyl (C=O) groups is 2. The standard InChI is InChI=1S/C21H28N4O2/c1-2-3-12-24-14-21(11-9-18(24)26)10-6-13-25(15-21)20(27)19-16-7-4-5-8-17(16)22-23-19/h4-5,7-8H,2-3,6,9-15H2,1H3,(H,22,23)/t21-/m1/s1. The molecule has 1 aromatic heterocycles. The second-order valence-electron chi connectivity index (χ2n) is 8.12. The minimum absolute atomic E-state index is 0.00327. The molecular formula is C21H28N4O2. The van der Waals surface area contributed by atoms with Crippen molar-refractivity contribution in [2.45, 2.75) is 45.4 Å². The number of amides is 2. The van der Waals surface area contributed by atoms with Crippen LogP contribution in [0.3, 0.4) is 0 Å².